The standard InChI is InChI=1S/C15H24ClN3O2S/c1-5-19(6-2)15(21)11-17(3)10-14(20)18(4)9-12-7-8-13(16)22-12/h7-8H,5-6,9-11H2,1-4H3. The summed E-state index contributed by atoms with van der Waals surface area (Å²) in [5.74, 6) is 0.0346. The zero-order valence-corrected chi connectivity index (χ0v) is 15.2. The molecule has 0 aliphatic heterocycles. The number of nitrogens with zero attached hydrogens (tertiary/aromatic N) is 3. The van der Waals surface area contributed by atoms with Crippen LogP contribution in [-0.2, 0) is 16.1 Å². The Bertz CT molecular complexity index is 503. The molecule has 0 spiro atoms. The molecule has 0 atom stereocenters. The lowest BCUT2D eigenvalue weighted by Crippen LogP contribution is -2.42. The third kappa shape index (κ3) is 5.94. The highest BCUT2D eigenvalue weighted by Crippen LogP contribution is 2.22. The summed E-state index contributed by atoms with van der Waals surface area (Å²) in [6.45, 7) is 6.30. The molecule has 5 nitrogen and oxygen atoms in total. The topological polar surface area (TPSA) is 43.9 Å². The Morgan fingerprint density at radius 3 is 2.18 bits per heavy atom. The maximum absolute atomic E-state index is 12.2. The van der Waals surface area contributed by atoms with E-state index < -0.39 is 0 Å². The molecule has 7 heteroatoms. The number of thiophene rings is 1. The second kappa shape index (κ2) is 9.12. The normalized spacial score (nSPS) is 10.8. The molecule has 0 N–H and O–H groups in total. The smallest absolute Gasteiger partial charge is 0.236 e. The molecule has 0 aliphatic carbocycles. The van der Waals surface area contributed by atoms with Crippen LogP contribution >= 0.6 is 22.9 Å². The van der Waals surface area contributed by atoms with Crippen molar-refractivity contribution in [1.82, 2.24) is 14.7 Å². The molecule has 0 bridgehead atoms. The zero-order chi connectivity index (χ0) is 16.7. The van der Waals surface area contributed by atoms with Crippen LogP contribution in [0.3, 0.4) is 0 Å². The summed E-state index contributed by atoms with van der Waals surface area (Å²) < 4.78 is 0.720. The van der Waals surface area contributed by atoms with Crippen LogP contribution in [0.2, 0.25) is 4.34 Å². The van der Waals surface area contributed by atoms with Gasteiger partial charge in [-0.15, -0.1) is 11.3 Å². The first-order chi connectivity index (χ1) is 10.4. The molecule has 0 saturated heterocycles. The molecule has 0 aliphatic rings. The van der Waals surface area contributed by atoms with Gasteiger partial charge in [0.2, 0.25) is 11.8 Å². The predicted octanol–water partition coefficient (Wildman–Crippen LogP) is 2.16. The van der Waals surface area contributed by atoms with Crippen molar-refractivity contribution in [1.29, 1.82) is 0 Å². The molecule has 0 aromatic carbocycles. The van der Waals surface area contributed by atoms with Crippen molar-refractivity contribution in [3.63, 3.8) is 0 Å². The molecular weight excluding hydrogens is 322 g/mol. The third-order valence-electron chi connectivity index (χ3n) is 3.37. The van der Waals surface area contributed by atoms with Crippen molar-refractivity contribution in [3.05, 3.63) is 21.3 Å². The van der Waals surface area contributed by atoms with Gasteiger partial charge in [0.15, 0.2) is 0 Å². The van der Waals surface area contributed by atoms with Gasteiger partial charge < -0.3 is 9.80 Å². The van der Waals surface area contributed by atoms with Crippen LogP contribution in [0, 0.1) is 0 Å². The molecule has 0 saturated carbocycles. The molecule has 22 heavy (non-hydrogen) atoms. The lowest BCUT2D eigenvalue weighted by molar-refractivity contribution is -0.134. The summed E-state index contributed by atoms with van der Waals surface area (Å²) in [7, 11) is 3.55. The average Bonchev–Trinajstić information content (AvgIpc) is 2.85. The number of hydrogen-bond donors (Lipinski definition) is 0. The van der Waals surface area contributed by atoms with Crippen molar-refractivity contribution in [3.8, 4) is 0 Å². The second-order valence-electron chi connectivity index (χ2n) is 5.19. The van der Waals surface area contributed by atoms with E-state index >= 15 is 0 Å². The molecule has 1 rings (SSSR count). The largest absolute Gasteiger partial charge is 0.342 e. The van der Waals surface area contributed by atoms with E-state index in [4.69, 9.17) is 11.6 Å². The lowest BCUT2D eigenvalue weighted by Gasteiger charge is -2.24. The van der Waals surface area contributed by atoms with E-state index in [9.17, 15) is 9.59 Å². The summed E-state index contributed by atoms with van der Waals surface area (Å²) in [6, 6.07) is 3.75. The SMILES string of the molecule is CCN(CC)C(=O)CN(C)CC(=O)N(C)Cc1ccc(Cl)s1. The van der Waals surface area contributed by atoms with Gasteiger partial charge in [-0.05, 0) is 33.0 Å². The number of carbonyl (C=O) groups excluding carboxylic acids is 2. The van der Waals surface area contributed by atoms with Crippen molar-refractivity contribution >= 4 is 34.8 Å². The van der Waals surface area contributed by atoms with Gasteiger partial charge in [-0.1, -0.05) is 11.6 Å². The van der Waals surface area contributed by atoms with Crippen LogP contribution < -0.4 is 0 Å². The monoisotopic (exact) mass is 345 g/mol. The van der Waals surface area contributed by atoms with E-state index in [-0.39, 0.29) is 24.9 Å². The Morgan fingerprint density at radius 2 is 1.68 bits per heavy atom. The first kappa shape index (κ1) is 18.9. The number of rotatable bonds is 8. The van der Waals surface area contributed by atoms with Gasteiger partial charge >= 0.3 is 0 Å². The Labute approximate surface area is 141 Å². The van der Waals surface area contributed by atoms with Crippen molar-refractivity contribution in [2.24, 2.45) is 0 Å². The molecular formula is C15H24ClN3O2S. The molecule has 0 radical (unpaired) electrons. The van der Waals surface area contributed by atoms with E-state index in [0.717, 1.165) is 9.21 Å². The Balaban J connectivity index is 2.44. The quantitative estimate of drug-likeness (QED) is 0.725. The minimum absolute atomic E-state index is 0.0145. The summed E-state index contributed by atoms with van der Waals surface area (Å²) in [6.07, 6.45) is 0. The van der Waals surface area contributed by atoms with Crippen LogP contribution in [0.25, 0.3) is 0 Å². The van der Waals surface area contributed by atoms with E-state index in [1.165, 1.54) is 11.3 Å². The van der Waals surface area contributed by atoms with Crippen molar-refractivity contribution < 1.29 is 9.59 Å². The number of likely N-dealkylation sites (N-methyl/N-ethyl adjacent to an activating group) is 3. The fourth-order valence-corrected chi connectivity index (χ4v) is 3.21. The van der Waals surface area contributed by atoms with Crippen LogP contribution in [-0.4, -0.2) is 66.8 Å². The highest BCUT2D eigenvalue weighted by molar-refractivity contribution is 7.16. The molecule has 0 unspecified atom stereocenters. The minimum atomic E-state index is -0.0145. The number of amides is 2. The predicted molar refractivity (Wildman–Crippen MR) is 91.2 cm³/mol. The average molecular weight is 346 g/mol. The molecule has 2 amide bonds. The maximum atomic E-state index is 12.2. The van der Waals surface area contributed by atoms with E-state index in [2.05, 4.69) is 0 Å². The minimum Gasteiger partial charge on any atom is -0.342 e. The summed E-state index contributed by atoms with van der Waals surface area (Å²) in [5.41, 5.74) is 0. The highest BCUT2D eigenvalue weighted by Gasteiger charge is 2.17. The van der Waals surface area contributed by atoms with Crippen LogP contribution in [0.4, 0.5) is 0 Å². The summed E-state index contributed by atoms with van der Waals surface area (Å²) in [5, 5.41) is 0. The molecule has 124 valence electrons. The molecule has 1 aromatic rings. The van der Waals surface area contributed by atoms with Gasteiger partial charge in [0.1, 0.15) is 0 Å². The Hall–Kier alpha value is -1.11. The van der Waals surface area contributed by atoms with Gasteiger partial charge in [0.05, 0.1) is 24.0 Å². The van der Waals surface area contributed by atoms with Gasteiger partial charge in [-0.2, -0.15) is 0 Å². The molecule has 1 aromatic heterocycles. The maximum Gasteiger partial charge on any atom is 0.236 e. The summed E-state index contributed by atoms with van der Waals surface area (Å²) >= 11 is 7.36. The Morgan fingerprint density at radius 1 is 1.09 bits per heavy atom. The van der Waals surface area contributed by atoms with Crippen LogP contribution in [0.1, 0.15) is 18.7 Å². The van der Waals surface area contributed by atoms with E-state index in [1.807, 2.05) is 26.0 Å². The molecule has 0 fully saturated rings. The van der Waals surface area contributed by atoms with Crippen LogP contribution in [0.5, 0.6) is 0 Å². The van der Waals surface area contributed by atoms with Crippen LogP contribution in [0.15, 0.2) is 12.1 Å². The fourth-order valence-electron chi connectivity index (χ4n) is 2.07. The van der Waals surface area contributed by atoms with Crippen molar-refractivity contribution in [2.75, 3.05) is 40.3 Å². The van der Waals surface area contributed by atoms with Gasteiger partial charge in [-0.25, -0.2) is 0 Å². The fraction of sp³-hybridized carbons (Fsp3) is 0.600. The van der Waals surface area contributed by atoms with Gasteiger partial charge in [0.25, 0.3) is 0 Å². The van der Waals surface area contributed by atoms with E-state index in [0.29, 0.717) is 19.6 Å². The first-order valence-electron chi connectivity index (χ1n) is 7.31. The van der Waals surface area contributed by atoms with E-state index in [1.54, 1.807) is 28.8 Å². The van der Waals surface area contributed by atoms with Gasteiger partial charge in [-0.3, -0.25) is 14.5 Å². The third-order valence-corrected chi connectivity index (χ3v) is 4.59. The molecule has 1 heterocycles. The summed E-state index contributed by atoms with van der Waals surface area (Å²) in [4.78, 5) is 30.4. The number of hydrogen-bond acceptors (Lipinski definition) is 4. The number of halogens is 1. The highest BCUT2D eigenvalue weighted by atomic mass is 35.5. The second-order valence-corrected chi connectivity index (χ2v) is 6.99. The van der Waals surface area contributed by atoms with Gasteiger partial charge in [0, 0.05) is 25.0 Å². The lowest BCUT2D eigenvalue weighted by atomic mass is 10.3. The Kier molecular flexibility index (Phi) is 7.85. The first-order valence-corrected chi connectivity index (χ1v) is 8.51. The number of carbonyl (C=O) groups is 2. The zero-order valence-electron chi connectivity index (χ0n) is 13.6. The van der Waals surface area contributed by atoms with Crippen molar-refractivity contribution in [2.45, 2.75) is 20.4 Å².